The second-order valence-corrected chi connectivity index (χ2v) is 43.1. The number of carbonyl (C=O) groups is 5. The number of piperazine rings is 3. The number of rotatable bonds is 16. The van der Waals surface area contributed by atoms with E-state index in [-0.39, 0.29) is 48.5 Å². The highest BCUT2D eigenvalue weighted by Crippen LogP contribution is 2.48. The Morgan fingerprint density at radius 2 is 0.699 bits per heavy atom. The summed E-state index contributed by atoms with van der Waals surface area (Å²) in [6.45, 7) is 22.3. The molecule has 0 bridgehead atoms. The monoisotopic (exact) mass is 2090 g/mol. The lowest BCUT2D eigenvalue weighted by Gasteiger charge is -2.54. The van der Waals surface area contributed by atoms with Gasteiger partial charge >= 0.3 is 61.4 Å². The lowest BCUT2D eigenvalue weighted by atomic mass is 9.72. The average molecular weight is 2090 g/mol. The molecule has 4 unspecified atom stereocenters. The fourth-order valence-electron chi connectivity index (χ4n) is 21.7. The van der Waals surface area contributed by atoms with Crippen molar-refractivity contribution >= 4 is 69.0 Å². The van der Waals surface area contributed by atoms with Crippen molar-refractivity contribution in [3.63, 3.8) is 0 Å². The molecule has 12 aliphatic heterocycles. The van der Waals surface area contributed by atoms with Crippen molar-refractivity contribution in [1.29, 1.82) is 0 Å². The molecule has 26 nitrogen and oxygen atoms in total. The van der Waals surface area contributed by atoms with Crippen LogP contribution in [-0.4, -0.2) is 354 Å². The third-order valence-electron chi connectivity index (χ3n) is 31.3. The Morgan fingerprint density at radius 1 is 0.371 bits per heavy atom. The van der Waals surface area contributed by atoms with Gasteiger partial charge in [-0.2, -0.15) is 83.3 Å². The maximum atomic E-state index is 13.5. The number of anilines is 3. The molecule has 5 amide bonds. The highest BCUT2D eigenvalue weighted by atomic mass is 35.5. The van der Waals surface area contributed by atoms with Gasteiger partial charge in [0.15, 0.2) is 24.4 Å². The average Bonchev–Trinajstić information content (AvgIpc) is 1.61. The predicted molar refractivity (Wildman–Crippen MR) is 500 cm³/mol. The minimum absolute atomic E-state index is 0.0263. The van der Waals surface area contributed by atoms with Gasteiger partial charge in [0.25, 0.3) is 0 Å². The number of carbonyl (C=O) groups excluding carboxylic acids is 5. The quantitative estimate of drug-likeness (QED) is 0.0755. The molecule has 0 aromatic heterocycles. The van der Waals surface area contributed by atoms with E-state index in [9.17, 15) is 111 Å². The molecule has 0 saturated carbocycles. The molecule has 4 spiro atoms. The minimum Gasteiger partial charge on any atom is -0.437 e. The van der Waals surface area contributed by atoms with Crippen LogP contribution >= 0.6 is 11.6 Å². The van der Waals surface area contributed by atoms with Crippen LogP contribution in [0.25, 0.3) is 0 Å². The van der Waals surface area contributed by atoms with E-state index in [0.29, 0.717) is 166 Å². The summed E-state index contributed by atoms with van der Waals surface area (Å²) in [5.74, 6) is 0.0291. The number of benzene rings is 4. The van der Waals surface area contributed by atoms with Crippen molar-refractivity contribution in [2.24, 2.45) is 10.8 Å². The van der Waals surface area contributed by atoms with Crippen molar-refractivity contribution in [1.82, 2.24) is 58.2 Å². The zero-order valence-electron chi connectivity index (χ0n) is 82.1. The molecular formula is C97H132ClF18N15O11S. The van der Waals surface area contributed by atoms with Crippen LogP contribution < -0.4 is 14.7 Å². The lowest BCUT2D eigenvalue weighted by molar-refractivity contribution is -0.200. The van der Waals surface area contributed by atoms with E-state index in [2.05, 4.69) is 75.7 Å². The Morgan fingerprint density at radius 3 is 1.05 bits per heavy atom. The number of hydrogen-bond acceptors (Lipinski definition) is 20. The van der Waals surface area contributed by atoms with Gasteiger partial charge in [0.1, 0.15) is 0 Å². The Balaban J connectivity index is 0.000000160. The molecule has 16 rings (SSSR count). The fourth-order valence-corrected chi connectivity index (χ4v) is 22.7. The Hall–Kier alpha value is -8.47. The zero-order valence-corrected chi connectivity index (χ0v) is 83.6. The number of nitrogens with zero attached hydrogens (tertiary/aromatic N) is 15. The molecule has 12 aliphatic rings. The van der Waals surface area contributed by atoms with E-state index in [1.54, 1.807) is 4.90 Å². The first-order valence-electron chi connectivity index (χ1n) is 49.0. The van der Waals surface area contributed by atoms with Gasteiger partial charge in [-0.05, 0) is 233 Å². The van der Waals surface area contributed by atoms with Gasteiger partial charge in [0.05, 0.1) is 17.4 Å². The van der Waals surface area contributed by atoms with Crippen molar-refractivity contribution in [3.8, 4) is 0 Å². The molecule has 4 aromatic rings. The molecule has 12 heterocycles. The van der Waals surface area contributed by atoms with Crippen molar-refractivity contribution in [3.05, 3.63) is 122 Å². The van der Waals surface area contributed by atoms with Gasteiger partial charge in [-0.3, -0.25) is 24.4 Å². The molecule has 0 aliphatic carbocycles. The molecule has 46 heteroatoms. The smallest absolute Gasteiger partial charge is 0.425 e. The van der Waals surface area contributed by atoms with Crippen LogP contribution in [0.4, 0.5) is 115 Å². The lowest BCUT2D eigenvalue weighted by Crippen LogP contribution is -2.61. The number of amides is 5. The number of likely N-dealkylation sites (tertiary alicyclic amines) is 5. The number of sulfonamides is 1. The largest absolute Gasteiger partial charge is 0.437 e. The van der Waals surface area contributed by atoms with Crippen molar-refractivity contribution < 1.29 is 130 Å². The summed E-state index contributed by atoms with van der Waals surface area (Å²) < 4.78 is 277. The van der Waals surface area contributed by atoms with Crippen LogP contribution in [0.15, 0.2) is 72.8 Å². The SMILES string of the molecule is CC(=O)N1CC2(CCN(c3cc(C(F)(F)F)ccc3CN3CCN(C(=O)OC(C)C(F)(F)F)CC3)CC2)C1.CC(OC(=O)N1CCC2(CCN(Cc3cccc4c3CN(S(C)(=O)=O)CC4)CC2)C1)C(F)(F)F.CC(OC(=O)N1CCN(Cc2ccc(C(F)(F)F)cc2N2CCC3(CCCN3C)CC2)CC1)C(F)(F)F.CC(OC(=O)N1CCN(Cc2ccc(Cl)cc2N2CCC3(CCCN3C)CC2)CC1)C(F)(F)F. The number of alkyl halides is 18. The van der Waals surface area contributed by atoms with Gasteiger partial charge < -0.3 is 67.9 Å². The van der Waals surface area contributed by atoms with Gasteiger partial charge in [-0.25, -0.2) is 27.6 Å². The third-order valence-corrected chi connectivity index (χ3v) is 32.8. The summed E-state index contributed by atoms with van der Waals surface area (Å²) in [5, 5.41) is 0.711. The summed E-state index contributed by atoms with van der Waals surface area (Å²) in [7, 11) is 1.12. The summed E-state index contributed by atoms with van der Waals surface area (Å²) in [4.78, 5) is 87.0. The Labute approximate surface area is 828 Å². The Bertz CT molecular complexity index is 5120. The minimum atomic E-state index is -4.64. The molecular weight excluding hydrogens is 1960 g/mol. The fraction of sp³-hybridized carbons (Fsp3) is 0.701. The maximum Gasteiger partial charge on any atom is 0.425 e. The van der Waals surface area contributed by atoms with Crippen LogP contribution in [0, 0.1) is 10.8 Å². The van der Waals surface area contributed by atoms with E-state index >= 15 is 0 Å². The molecule has 11 fully saturated rings. The molecule has 143 heavy (non-hydrogen) atoms. The van der Waals surface area contributed by atoms with Crippen LogP contribution in [0.3, 0.4) is 0 Å². The summed E-state index contributed by atoms with van der Waals surface area (Å²) in [6.07, 6.45) is -24.9. The topological polar surface area (TPSA) is 205 Å². The summed E-state index contributed by atoms with van der Waals surface area (Å²) in [6, 6.07) is 19.7. The number of ether oxygens (including phenoxy) is 4. The highest BCUT2D eigenvalue weighted by molar-refractivity contribution is 7.88. The second kappa shape index (κ2) is 45.3. The van der Waals surface area contributed by atoms with E-state index < -0.39 is 107 Å². The number of fused-ring (bicyclic) bond motifs is 1. The molecule has 4 aromatic carbocycles. The van der Waals surface area contributed by atoms with Crippen LogP contribution in [0.1, 0.15) is 163 Å². The van der Waals surface area contributed by atoms with E-state index in [4.69, 9.17) is 11.6 Å². The van der Waals surface area contributed by atoms with Gasteiger partial charge in [-0.15, -0.1) is 0 Å². The zero-order chi connectivity index (χ0) is 104. The van der Waals surface area contributed by atoms with E-state index in [0.717, 1.165) is 178 Å². The maximum absolute atomic E-state index is 13.5. The Kier molecular flexibility index (Phi) is 35.4. The van der Waals surface area contributed by atoms with Crippen molar-refractivity contribution in [2.45, 2.75) is 230 Å². The number of halogens is 19. The molecule has 0 N–H and O–H groups in total. The first kappa shape index (κ1) is 112. The molecule has 800 valence electrons. The first-order chi connectivity index (χ1) is 66.9. The van der Waals surface area contributed by atoms with Gasteiger partial charge in [0, 0.05) is 229 Å². The highest BCUT2D eigenvalue weighted by Gasteiger charge is 2.52. The standard InChI is InChI=1S/C25H32F6N4O3.C25H34F6N4O2.C24H34ClF3N4O2.C23H32F3N3O4S/c1-17(24(26,27)28)38-22(37)34-11-9-32(10-12-34)14-19-3-4-20(25(29,30)31)13-21(19)33-7-5-23(6-8-33)15-35(16-23)18(2)36;1-18(24(26,27)28)37-22(36)35-14-12-33(13-15-35)17-19-4-5-20(25(29,30)31)16-21(19)34-10-7-23(8-11-34)6-3-9-32(23)2;1-18(24(26,27)28)34-22(33)32-14-12-30(13-15-32)17-19-4-5-20(25)16-21(19)31-10-7-23(8-11-31)6-3-9-29(23)2;1-17(23(24,25)26)33-21(30)28-13-9-22(16-28)7-11-27(12-8-22)14-19-5-3-4-18-6-10-29(15-20(18)19)34(2,31)32/h3-4,13,17H,5-12,14-16H2,1-2H3;4-5,16,18H,3,6-15,17H2,1-2H3;4-5,16,18H,3,6-15,17H2,1-2H3;3-5,17H,6-16H2,1-2H3. The van der Waals surface area contributed by atoms with Gasteiger partial charge in [-0.1, -0.05) is 48.0 Å². The molecule has 4 atom stereocenters. The number of piperidine rings is 4. The summed E-state index contributed by atoms with van der Waals surface area (Å²) in [5.41, 5.74) is 7.34. The summed E-state index contributed by atoms with van der Waals surface area (Å²) >= 11 is 6.36. The van der Waals surface area contributed by atoms with Crippen LogP contribution in [0.5, 0.6) is 0 Å². The molecule has 11 saturated heterocycles. The second-order valence-electron chi connectivity index (χ2n) is 40.7. The van der Waals surface area contributed by atoms with Crippen LogP contribution in [-0.2, 0) is 85.3 Å². The van der Waals surface area contributed by atoms with E-state index in [1.807, 2.05) is 37.8 Å². The van der Waals surface area contributed by atoms with E-state index in [1.165, 1.54) is 91.9 Å². The third kappa shape index (κ3) is 28.5. The first-order valence-corrected chi connectivity index (χ1v) is 51.3. The van der Waals surface area contributed by atoms with Gasteiger partial charge in [0.2, 0.25) is 15.9 Å². The van der Waals surface area contributed by atoms with Crippen LogP contribution in [0.2, 0.25) is 5.02 Å². The van der Waals surface area contributed by atoms with Crippen molar-refractivity contribution in [2.75, 3.05) is 212 Å². The normalized spacial score (nSPS) is 22.3. The molecule has 0 radical (unpaired) electrons. The number of hydrogen-bond donors (Lipinski definition) is 0. The predicted octanol–water partition coefficient (Wildman–Crippen LogP) is 17.3.